The zero-order valence-electron chi connectivity index (χ0n) is 12.3. The summed E-state index contributed by atoms with van der Waals surface area (Å²) >= 11 is 0. The predicted octanol–water partition coefficient (Wildman–Crippen LogP) is 0.572. The molecule has 0 rings (SSSR count). The molecule has 0 atom stereocenters. The summed E-state index contributed by atoms with van der Waals surface area (Å²) in [5.74, 6) is -2.16. The number of aliphatic carboxylic acids is 1. The van der Waals surface area contributed by atoms with Crippen LogP contribution >= 0.6 is 0 Å². The van der Waals surface area contributed by atoms with Crippen LogP contribution < -0.4 is 5.11 Å². The first kappa shape index (κ1) is 19.2. The van der Waals surface area contributed by atoms with Crippen molar-refractivity contribution in [2.45, 2.75) is 41.0 Å². The van der Waals surface area contributed by atoms with Gasteiger partial charge in [-0.1, -0.05) is 0 Å². The fourth-order valence-corrected chi connectivity index (χ4v) is 1.67. The largest absolute Gasteiger partial charge is 0.550 e. The summed E-state index contributed by atoms with van der Waals surface area (Å²) in [6.45, 7) is 16.0. The summed E-state index contributed by atoms with van der Waals surface area (Å²) in [7, 11) is 0. The quantitative estimate of drug-likeness (QED) is 0.382. The van der Waals surface area contributed by atoms with Crippen molar-refractivity contribution in [1.82, 2.24) is 0 Å². The van der Waals surface area contributed by atoms with E-state index in [4.69, 9.17) is 0 Å². The minimum absolute atomic E-state index is 0.201. The van der Waals surface area contributed by atoms with Gasteiger partial charge in [0, 0.05) is 0 Å². The van der Waals surface area contributed by atoms with Crippen LogP contribution in [0.3, 0.4) is 0 Å². The van der Waals surface area contributed by atoms with Gasteiger partial charge in [-0.3, -0.25) is 4.79 Å². The number of quaternary nitrogens is 1. The SMILES string of the molecule is CCOC(=O)CC(=O)[O-].CC[N+](CC)(CC)CC. The number of carboxylic acid groups (broad SMARTS) is 1. The fraction of sp³-hybridized carbons (Fsp3) is 0.846. The molecular weight excluding hydrogens is 234 g/mol. The molecule has 0 saturated carbocycles. The van der Waals surface area contributed by atoms with E-state index in [0.29, 0.717) is 0 Å². The van der Waals surface area contributed by atoms with Crippen LogP contribution in [-0.2, 0) is 14.3 Å². The summed E-state index contributed by atoms with van der Waals surface area (Å²) < 4.78 is 5.57. The lowest BCUT2D eigenvalue weighted by molar-refractivity contribution is -0.921. The Morgan fingerprint density at radius 1 is 0.944 bits per heavy atom. The second kappa shape index (κ2) is 11.0. The van der Waals surface area contributed by atoms with Crippen molar-refractivity contribution < 1.29 is 23.9 Å². The van der Waals surface area contributed by atoms with E-state index in [1.165, 1.54) is 30.7 Å². The monoisotopic (exact) mass is 261 g/mol. The van der Waals surface area contributed by atoms with Crippen molar-refractivity contribution in [2.24, 2.45) is 0 Å². The van der Waals surface area contributed by atoms with Crippen molar-refractivity contribution in [1.29, 1.82) is 0 Å². The second-order valence-corrected chi connectivity index (χ2v) is 3.96. The van der Waals surface area contributed by atoms with Crippen LogP contribution in [0, 0.1) is 0 Å². The van der Waals surface area contributed by atoms with Gasteiger partial charge in [-0.25, -0.2) is 0 Å². The molecule has 0 aromatic heterocycles. The highest BCUT2D eigenvalue weighted by Crippen LogP contribution is 2.03. The highest BCUT2D eigenvalue weighted by atomic mass is 16.5. The number of hydrogen-bond acceptors (Lipinski definition) is 4. The molecule has 0 heterocycles. The molecule has 0 aromatic rings. The molecule has 0 unspecified atom stereocenters. The number of nitrogens with zero attached hydrogens (tertiary/aromatic N) is 1. The Labute approximate surface area is 110 Å². The lowest BCUT2D eigenvalue weighted by Gasteiger charge is -2.34. The predicted molar refractivity (Wildman–Crippen MR) is 68.7 cm³/mol. The van der Waals surface area contributed by atoms with Gasteiger partial charge in [-0.2, -0.15) is 0 Å². The van der Waals surface area contributed by atoms with E-state index in [-0.39, 0.29) is 6.61 Å². The van der Waals surface area contributed by atoms with E-state index in [0.717, 1.165) is 0 Å². The molecule has 0 radical (unpaired) electrons. The lowest BCUT2D eigenvalue weighted by atomic mass is 10.3. The Bertz CT molecular complexity index is 220. The van der Waals surface area contributed by atoms with Gasteiger partial charge in [-0.15, -0.1) is 0 Å². The van der Waals surface area contributed by atoms with Crippen LogP contribution in [0.15, 0.2) is 0 Å². The summed E-state index contributed by atoms with van der Waals surface area (Å²) in [4.78, 5) is 19.9. The third-order valence-corrected chi connectivity index (χ3v) is 3.28. The number of esters is 1. The number of ether oxygens (including phenoxy) is 1. The molecule has 5 nitrogen and oxygen atoms in total. The molecule has 0 fully saturated rings. The van der Waals surface area contributed by atoms with Crippen molar-refractivity contribution in [3.05, 3.63) is 0 Å². The van der Waals surface area contributed by atoms with E-state index in [2.05, 4.69) is 32.4 Å². The highest BCUT2D eigenvalue weighted by Gasteiger charge is 2.16. The molecule has 108 valence electrons. The molecule has 18 heavy (non-hydrogen) atoms. The van der Waals surface area contributed by atoms with E-state index in [9.17, 15) is 14.7 Å². The minimum atomic E-state index is -1.41. The Morgan fingerprint density at radius 3 is 1.50 bits per heavy atom. The van der Waals surface area contributed by atoms with Gasteiger partial charge in [0.2, 0.25) is 0 Å². The van der Waals surface area contributed by atoms with Gasteiger partial charge >= 0.3 is 5.97 Å². The van der Waals surface area contributed by atoms with E-state index >= 15 is 0 Å². The van der Waals surface area contributed by atoms with Crippen molar-refractivity contribution in [3.8, 4) is 0 Å². The Balaban J connectivity index is 0. The van der Waals surface area contributed by atoms with Gasteiger partial charge in [0.05, 0.1) is 45.2 Å². The lowest BCUT2D eigenvalue weighted by Crippen LogP contribution is -2.47. The Morgan fingerprint density at radius 2 is 1.33 bits per heavy atom. The van der Waals surface area contributed by atoms with E-state index in [1.807, 2.05) is 0 Å². The third kappa shape index (κ3) is 8.98. The molecular formula is C13H27NO4. The van der Waals surface area contributed by atoms with Crippen molar-refractivity contribution in [2.75, 3.05) is 32.8 Å². The molecule has 0 N–H and O–H groups in total. The number of rotatable bonds is 7. The second-order valence-electron chi connectivity index (χ2n) is 3.96. The van der Waals surface area contributed by atoms with Gasteiger partial charge in [-0.05, 0) is 34.6 Å². The summed E-state index contributed by atoms with van der Waals surface area (Å²) in [6.07, 6.45) is -0.659. The molecule has 0 aliphatic rings. The maximum absolute atomic E-state index is 10.2. The summed E-state index contributed by atoms with van der Waals surface area (Å²) in [5, 5.41) is 9.67. The first-order valence-electron chi connectivity index (χ1n) is 6.61. The maximum atomic E-state index is 10.2. The molecule has 0 saturated heterocycles. The van der Waals surface area contributed by atoms with Gasteiger partial charge in [0.1, 0.15) is 0 Å². The maximum Gasteiger partial charge on any atom is 0.311 e. The Hall–Kier alpha value is -1.10. The van der Waals surface area contributed by atoms with E-state index < -0.39 is 18.4 Å². The van der Waals surface area contributed by atoms with Gasteiger partial charge in [0.25, 0.3) is 0 Å². The minimum Gasteiger partial charge on any atom is -0.550 e. The molecule has 0 aliphatic carbocycles. The van der Waals surface area contributed by atoms with Crippen LogP contribution in [0.2, 0.25) is 0 Å². The summed E-state index contributed by atoms with van der Waals surface area (Å²) in [5.41, 5.74) is 0. The molecule has 0 aliphatic heterocycles. The summed E-state index contributed by atoms with van der Waals surface area (Å²) in [6, 6.07) is 0. The van der Waals surface area contributed by atoms with Crippen LogP contribution in [-0.4, -0.2) is 49.2 Å². The van der Waals surface area contributed by atoms with E-state index in [1.54, 1.807) is 6.92 Å². The molecule has 5 heteroatoms. The van der Waals surface area contributed by atoms with Crippen LogP contribution in [0.1, 0.15) is 41.0 Å². The number of hydrogen-bond donors (Lipinski definition) is 0. The zero-order valence-corrected chi connectivity index (χ0v) is 12.3. The highest BCUT2D eigenvalue weighted by molar-refractivity contribution is 5.88. The fourth-order valence-electron chi connectivity index (χ4n) is 1.67. The number of carboxylic acids is 1. The van der Waals surface area contributed by atoms with Gasteiger partial charge < -0.3 is 19.1 Å². The van der Waals surface area contributed by atoms with Gasteiger partial charge in [0.15, 0.2) is 0 Å². The number of carbonyl (C=O) groups excluding carboxylic acids is 2. The average molecular weight is 261 g/mol. The molecule has 0 bridgehead atoms. The smallest absolute Gasteiger partial charge is 0.311 e. The van der Waals surface area contributed by atoms with Crippen molar-refractivity contribution >= 4 is 11.9 Å². The topological polar surface area (TPSA) is 66.4 Å². The first-order chi connectivity index (χ1) is 8.41. The molecule has 0 amide bonds. The third-order valence-electron chi connectivity index (χ3n) is 3.28. The van der Waals surface area contributed by atoms with Crippen LogP contribution in [0.5, 0.6) is 0 Å². The normalized spacial score (nSPS) is 10.3. The zero-order chi connectivity index (χ0) is 14.6. The van der Waals surface area contributed by atoms with Crippen LogP contribution in [0.25, 0.3) is 0 Å². The molecule has 0 aromatic carbocycles. The first-order valence-corrected chi connectivity index (χ1v) is 6.61. The Kier molecular flexibility index (Phi) is 11.8. The molecule has 0 spiro atoms. The van der Waals surface area contributed by atoms with Crippen LogP contribution in [0.4, 0.5) is 0 Å². The average Bonchev–Trinajstić information content (AvgIpc) is 2.33. The number of carbonyl (C=O) groups is 2. The van der Waals surface area contributed by atoms with Crippen molar-refractivity contribution in [3.63, 3.8) is 0 Å². The standard InChI is InChI=1S/C8H20N.C5H8O4/c1-5-9(6-2,7-3)8-4;1-2-9-5(8)3-4(6)7/h5-8H2,1-4H3;2-3H2,1H3,(H,6,7)/q+1;/p-1.